The highest BCUT2D eigenvalue weighted by molar-refractivity contribution is 5.94. The number of nitrogens with two attached hydrogens (primary N) is 1. The molecule has 0 aliphatic heterocycles. The van der Waals surface area contributed by atoms with E-state index in [-0.39, 0.29) is 30.6 Å². The monoisotopic (exact) mass is 403 g/mol. The number of hydrogen-bond donors (Lipinski definition) is 3. The second kappa shape index (κ2) is 11.5. The lowest BCUT2D eigenvalue weighted by molar-refractivity contribution is -0.123. The molecule has 28 heavy (non-hydrogen) atoms. The van der Waals surface area contributed by atoms with E-state index in [2.05, 4.69) is 10.6 Å². The maximum Gasteiger partial charge on any atom is 0.251 e. The number of carbonyl (C=O) groups excluding carboxylic acids is 2. The number of halogens is 1. The van der Waals surface area contributed by atoms with E-state index in [9.17, 15) is 9.59 Å². The molecule has 0 heterocycles. The highest BCUT2D eigenvalue weighted by atomic mass is 35.5. The standard InChI is InChI=1S/C22H29N3O2.ClH/c1-3-22(4-2,16-23)25-20(26)15-19(17-11-7-5-8-12-17)24-21(27)18-13-9-6-10-14-18;/h5-14,19H,3-4,15-16,23H2,1-2H3,(H,24,27)(H,25,26);1H. The number of benzene rings is 2. The van der Waals surface area contributed by atoms with Crippen LogP contribution < -0.4 is 16.4 Å². The molecule has 0 aromatic heterocycles. The van der Waals surface area contributed by atoms with Gasteiger partial charge in [-0.05, 0) is 30.5 Å². The Kier molecular flexibility index (Phi) is 9.69. The van der Waals surface area contributed by atoms with Crippen LogP contribution in [0.2, 0.25) is 0 Å². The zero-order chi connectivity index (χ0) is 19.7. The van der Waals surface area contributed by atoms with Crippen molar-refractivity contribution in [1.82, 2.24) is 10.6 Å². The molecule has 6 heteroatoms. The summed E-state index contributed by atoms with van der Waals surface area (Å²) < 4.78 is 0. The smallest absolute Gasteiger partial charge is 0.251 e. The molecule has 152 valence electrons. The van der Waals surface area contributed by atoms with Gasteiger partial charge in [-0.15, -0.1) is 12.4 Å². The quantitative estimate of drug-likeness (QED) is 0.598. The molecule has 4 N–H and O–H groups in total. The lowest BCUT2D eigenvalue weighted by atomic mass is 9.92. The van der Waals surface area contributed by atoms with Gasteiger partial charge in [0.2, 0.25) is 5.91 Å². The van der Waals surface area contributed by atoms with Crippen LogP contribution in [0.1, 0.15) is 55.1 Å². The highest BCUT2D eigenvalue weighted by Crippen LogP contribution is 2.20. The predicted octanol–water partition coefficient (Wildman–Crippen LogP) is 3.60. The minimum atomic E-state index is -0.414. The van der Waals surface area contributed by atoms with Crippen LogP contribution in [0.3, 0.4) is 0 Å². The van der Waals surface area contributed by atoms with Crippen LogP contribution in [0.15, 0.2) is 60.7 Å². The SMILES string of the molecule is CCC(CC)(CN)NC(=O)CC(NC(=O)c1ccccc1)c1ccccc1.Cl. The van der Waals surface area contributed by atoms with Crippen molar-refractivity contribution in [3.8, 4) is 0 Å². The first-order valence-electron chi connectivity index (χ1n) is 9.45. The van der Waals surface area contributed by atoms with Crippen LogP contribution in [0.25, 0.3) is 0 Å². The van der Waals surface area contributed by atoms with Crippen molar-refractivity contribution in [3.63, 3.8) is 0 Å². The van der Waals surface area contributed by atoms with Gasteiger partial charge in [0.15, 0.2) is 0 Å². The molecule has 0 saturated heterocycles. The fourth-order valence-electron chi connectivity index (χ4n) is 3.07. The summed E-state index contributed by atoms with van der Waals surface area (Å²) >= 11 is 0. The van der Waals surface area contributed by atoms with E-state index in [1.807, 2.05) is 62.4 Å². The molecule has 0 bridgehead atoms. The van der Waals surface area contributed by atoms with E-state index < -0.39 is 11.6 Å². The minimum Gasteiger partial charge on any atom is -0.349 e. The second-order valence-electron chi connectivity index (χ2n) is 6.75. The molecule has 5 nitrogen and oxygen atoms in total. The summed E-state index contributed by atoms with van der Waals surface area (Å²) in [5.41, 5.74) is 6.95. The summed E-state index contributed by atoms with van der Waals surface area (Å²) in [7, 11) is 0. The average Bonchev–Trinajstić information content (AvgIpc) is 2.73. The van der Waals surface area contributed by atoms with Crippen LogP contribution >= 0.6 is 12.4 Å². The molecule has 0 radical (unpaired) electrons. The zero-order valence-electron chi connectivity index (χ0n) is 16.5. The molecular weight excluding hydrogens is 374 g/mol. The average molecular weight is 404 g/mol. The Morgan fingerprint density at radius 2 is 1.50 bits per heavy atom. The van der Waals surface area contributed by atoms with Crippen LogP contribution in [0, 0.1) is 0 Å². The third kappa shape index (κ3) is 6.36. The summed E-state index contributed by atoms with van der Waals surface area (Å²) in [5.74, 6) is -0.320. The van der Waals surface area contributed by atoms with Crippen molar-refractivity contribution in [2.45, 2.75) is 44.7 Å². The summed E-state index contributed by atoms with van der Waals surface area (Å²) in [5, 5.41) is 6.07. The molecule has 2 aromatic rings. The van der Waals surface area contributed by atoms with Gasteiger partial charge in [-0.2, -0.15) is 0 Å². The molecular formula is C22H30ClN3O2. The third-order valence-corrected chi connectivity index (χ3v) is 5.08. The maximum atomic E-state index is 12.7. The maximum absolute atomic E-state index is 12.7. The minimum absolute atomic E-state index is 0. The summed E-state index contributed by atoms with van der Waals surface area (Å²) in [6.45, 7) is 4.42. The van der Waals surface area contributed by atoms with Gasteiger partial charge in [0.05, 0.1) is 18.0 Å². The summed E-state index contributed by atoms with van der Waals surface area (Å²) in [4.78, 5) is 25.3. The van der Waals surface area contributed by atoms with Crippen LogP contribution in [0.5, 0.6) is 0 Å². The number of rotatable bonds is 9. The number of nitrogens with one attached hydrogen (secondary N) is 2. The van der Waals surface area contributed by atoms with E-state index in [1.54, 1.807) is 12.1 Å². The highest BCUT2D eigenvalue weighted by Gasteiger charge is 2.28. The van der Waals surface area contributed by atoms with Gasteiger partial charge in [-0.25, -0.2) is 0 Å². The van der Waals surface area contributed by atoms with Gasteiger partial charge >= 0.3 is 0 Å². The van der Waals surface area contributed by atoms with Gasteiger partial charge in [0, 0.05) is 12.1 Å². The van der Waals surface area contributed by atoms with E-state index in [1.165, 1.54) is 0 Å². The van der Waals surface area contributed by atoms with Crippen molar-refractivity contribution >= 4 is 24.2 Å². The first-order chi connectivity index (χ1) is 13.0. The predicted molar refractivity (Wildman–Crippen MR) is 115 cm³/mol. The van der Waals surface area contributed by atoms with E-state index in [4.69, 9.17) is 5.73 Å². The Morgan fingerprint density at radius 3 is 2.00 bits per heavy atom. The topological polar surface area (TPSA) is 84.2 Å². The summed E-state index contributed by atoms with van der Waals surface area (Å²) in [6, 6.07) is 18.1. The molecule has 2 aromatic carbocycles. The molecule has 1 atom stereocenters. The number of hydrogen-bond acceptors (Lipinski definition) is 3. The molecule has 2 amide bonds. The summed E-state index contributed by atoms with van der Waals surface area (Å²) in [6.07, 6.45) is 1.68. The first-order valence-corrected chi connectivity index (χ1v) is 9.45. The van der Waals surface area contributed by atoms with E-state index in [0.29, 0.717) is 12.1 Å². The fraction of sp³-hybridized carbons (Fsp3) is 0.364. The van der Waals surface area contributed by atoms with Crippen LogP contribution in [0.4, 0.5) is 0 Å². The second-order valence-corrected chi connectivity index (χ2v) is 6.75. The van der Waals surface area contributed by atoms with E-state index in [0.717, 1.165) is 18.4 Å². The molecule has 0 fully saturated rings. The van der Waals surface area contributed by atoms with Crippen molar-refractivity contribution in [2.75, 3.05) is 6.54 Å². The third-order valence-electron chi connectivity index (χ3n) is 5.08. The Labute approximate surface area is 173 Å². The Morgan fingerprint density at radius 1 is 0.964 bits per heavy atom. The van der Waals surface area contributed by atoms with Crippen molar-refractivity contribution in [3.05, 3.63) is 71.8 Å². The molecule has 0 aliphatic carbocycles. The molecule has 0 saturated carbocycles. The number of amides is 2. The molecule has 1 unspecified atom stereocenters. The van der Waals surface area contributed by atoms with E-state index >= 15 is 0 Å². The van der Waals surface area contributed by atoms with Crippen LogP contribution in [-0.2, 0) is 4.79 Å². The van der Waals surface area contributed by atoms with Crippen molar-refractivity contribution in [1.29, 1.82) is 0 Å². The first kappa shape index (κ1) is 23.7. The fourth-order valence-corrected chi connectivity index (χ4v) is 3.07. The largest absolute Gasteiger partial charge is 0.349 e. The van der Waals surface area contributed by atoms with Gasteiger partial charge < -0.3 is 16.4 Å². The van der Waals surface area contributed by atoms with Crippen molar-refractivity contribution in [2.24, 2.45) is 5.73 Å². The molecule has 0 aliphatic rings. The zero-order valence-corrected chi connectivity index (χ0v) is 17.3. The number of carbonyl (C=O) groups is 2. The van der Waals surface area contributed by atoms with Crippen molar-refractivity contribution < 1.29 is 9.59 Å². The van der Waals surface area contributed by atoms with Gasteiger partial charge in [0.1, 0.15) is 0 Å². The van der Waals surface area contributed by atoms with Crippen LogP contribution in [-0.4, -0.2) is 23.9 Å². The molecule has 2 rings (SSSR count). The van der Waals surface area contributed by atoms with Gasteiger partial charge in [-0.1, -0.05) is 62.4 Å². The van der Waals surface area contributed by atoms with Gasteiger partial charge in [-0.3, -0.25) is 9.59 Å². The Balaban J connectivity index is 0.00000392. The normalized spacial score (nSPS) is 11.8. The lowest BCUT2D eigenvalue weighted by Crippen LogP contribution is -2.53. The Bertz CT molecular complexity index is 726. The lowest BCUT2D eigenvalue weighted by Gasteiger charge is -2.32. The van der Waals surface area contributed by atoms with Gasteiger partial charge in [0.25, 0.3) is 5.91 Å². The Hall–Kier alpha value is -2.37. The molecule has 0 spiro atoms.